The van der Waals surface area contributed by atoms with Crippen LogP contribution in [0.2, 0.25) is 0 Å². The summed E-state index contributed by atoms with van der Waals surface area (Å²) in [6, 6.07) is 18.3. The molecule has 1 aliphatic heterocycles. The molecule has 1 amide bonds. The molecule has 1 unspecified atom stereocenters. The number of aromatic nitrogens is 2. The van der Waals surface area contributed by atoms with Gasteiger partial charge in [-0.25, -0.2) is 0 Å². The molecule has 0 N–H and O–H groups in total. The van der Waals surface area contributed by atoms with E-state index in [1.165, 1.54) is 5.56 Å². The van der Waals surface area contributed by atoms with E-state index in [0.29, 0.717) is 18.1 Å². The summed E-state index contributed by atoms with van der Waals surface area (Å²) in [5.41, 5.74) is 3.35. The molecular weight excluding hydrogens is 326 g/mol. The predicted molar refractivity (Wildman–Crippen MR) is 98.3 cm³/mol. The van der Waals surface area contributed by atoms with Crippen molar-refractivity contribution >= 4 is 5.91 Å². The zero-order chi connectivity index (χ0) is 17.9. The fourth-order valence-corrected chi connectivity index (χ4v) is 3.49. The molecule has 1 fully saturated rings. The number of carbonyl (C=O) groups excluding carboxylic acids is 1. The summed E-state index contributed by atoms with van der Waals surface area (Å²) in [6.45, 7) is 2.54. The van der Waals surface area contributed by atoms with E-state index in [1.54, 1.807) is 6.92 Å². The number of likely N-dealkylation sites (tertiary alicyclic amines) is 1. The molecule has 1 saturated heterocycles. The quantitative estimate of drug-likeness (QED) is 0.717. The van der Waals surface area contributed by atoms with Crippen LogP contribution in [0, 0.1) is 6.92 Å². The maximum atomic E-state index is 12.8. The summed E-state index contributed by atoms with van der Waals surface area (Å²) in [4.78, 5) is 19.0. The second-order valence-electron chi connectivity index (χ2n) is 6.66. The van der Waals surface area contributed by atoms with E-state index in [2.05, 4.69) is 34.4 Å². The van der Waals surface area contributed by atoms with E-state index in [9.17, 15) is 4.79 Å². The zero-order valence-corrected chi connectivity index (χ0v) is 14.8. The fraction of sp³-hybridized carbons (Fsp3) is 0.286. The number of amides is 1. The van der Waals surface area contributed by atoms with Crippen LogP contribution < -0.4 is 0 Å². The number of rotatable bonds is 4. The minimum absolute atomic E-state index is 0.0905. The third-order valence-electron chi connectivity index (χ3n) is 4.82. The Labute approximate surface area is 152 Å². The van der Waals surface area contributed by atoms with Gasteiger partial charge in [-0.3, -0.25) is 4.79 Å². The van der Waals surface area contributed by atoms with Crippen molar-refractivity contribution < 1.29 is 9.32 Å². The minimum atomic E-state index is -0.0905. The van der Waals surface area contributed by atoms with Crippen molar-refractivity contribution in [1.29, 1.82) is 0 Å². The number of hydrogen-bond donors (Lipinski definition) is 0. The van der Waals surface area contributed by atoms with Gasteiger partial charge in [0, 0.05) is 6.54 Å². The fourth-order valence-electron chi connectivity index (χ4n) is 3.49. The second-order valence-corrected chi connectivity index (χ2v) is 6.66. The third kappa shape index (κ3) is 3.38. The topological polar surface area (TPSA) is 59.2 Å². The molecule has 3 aromatic rings. The summed E-state index contributed by atoms with van der Waals surface area (Å²) in [6.07, 6.45) is 2.23. The van der Waals surface area contributed by atoms with E-state index in [4.69, 9.17) is 4.52 Å². The first-order chi connectivity index (χ1) is 12.7. The van der Waals surface area contributed by atoms with Crippen LogP contribution in [0.4, 0.5) is 0 Å². The van der Waals surface area contributed by atoms with E-state index >= 15 is 0 Å². The van der Waals surface area contributed by atoms with Crippen molar-refractivity contribution in [2.24, 2.45) is 0 Å². The van der Waals surface area contributed by atoms with Crippen molar-refractivity contribution in [2.45, 2.75) is 32.2 Å². The zero-order valence-electron chi connectivity index (χ0n) is 14.8. The highest BCUT2D eigenvalue weighted by Gasteiger charge is 2.33. The maximum absolute atomic E-state index is 12.8. The molecule has 4 rings (SSSR count). The molecule has 132 valence electrons. The molecule has 0 aliphatic carbocycles. The predicted octanol–water partition coefficient (Wildman–Crippen LogP) is 3.95. The van der Waals surface area contributed by atoms with Gasteiger partial charge in [-0.05, 0) is 36.5 Å². The van der Waals surface area contributed by atoms with Crippen molar-refractivity contribution in [3.63, 3.8) is 0 Å². The van der Waals surface area contributed by atoms with Crippen LogP contribution in [0.15, 0.2) is 59.1 Å². The number of aryl methyl sites for hydroxylation is 1. The Morgan fingerprint density at radius 1 is 1.12 bits per heavy atom. The first-order valence-corrected chi connectivity index (χ1v) is 8.95. The Hall–Kier alpha value is -2.95. The smallest absolute Gasteiger partial charge is 0.249 e. The average molecular weight is 347 g/mol. The van der Waals surface area contributed by atoms with Crippen LogP contribution in [-0.2, 0) is 11.2 Å². The first-order valence-electron chi connectivity index (χ1n) is 8.95. The Morgan fingerprint density at radius 3 is 2.54 bits per heavy atom. The molecule has 26 heavy (non-hydrogen) atoms. The van der Waals surface area contributed by atoms with Crippen LogP contribution >= 0.6 is 0 Å². The van der Waals surface area contributed by atoms with Gasteiger partial charge in [-0.1, -0.05) is 59.8 Å². The first kappa shape index (κ1) is 16.5. The third-order valence-corrected chi connectivity index (χ3v) is 4.82. The van der Waals surface area contributed by atoms with Gasteiger partial charge < -0.3 is 9.42 Å². The highest BCUT2D eigenvalue weighted by Crippen LogP contribution is 2.31. The lowest BCUT2D eigenvalue weighted by Crippen LogP contribution is -2.32. The monoisotopic (exact) mass is 347 g/mol. The van der Waals surface area contributed by atoms with E-state index < -0.39 is 0 Å². The molecule has 0 bridgehead atoms. The SMILES string of the molecule is Cc1noc(C2CCCN2C(=O)Cc2ccc(-c3ccccc3)cc2)n1. The molecule has 1 atom stereocenters. The molecule has 1 aliphatic rings. The number of hydrogen-bond acceptors (Lipinski definition) is 4. The lowest BCUT2D eigenvalue weighted by atomic mass is 10.0. The summed E-state index contributed by atoms with van der Waals surface area (Å²) in [5.74, 6) is 1.26. The summed E-state index contributed by atoms with van der Waals surface area (Å²) in [7, 11) is 0. The van der Waals surface area contributed by atoms with E-state index in [1.807, 2.05) is 35.2 Å². The van der Waals surface area contributed by atoms with E-state index in [-0.39, 0.29) is 11.9 Å². The van der Waals surface area contributed by atoms with Crippen LogP contribution in [0.25, 0.3) is 11.1 Å². The molecule has 2 heterocycles. The molecule has 1 aromatic heterocycles. The Bertz CT molecular complexity index is 887. The lowest BCUT2D eigenvalue weighted by Gasteiger charge is -2.22. The highest BCUT2D eigenvalue weighted by atomic mass is 16.5. The van der Waals surface area contributed by atoms with Gasteiger partial charge in [0.05, 0.1) is 6.42 Å². The van der Waals surface area contributed by atoms with Crippen LogP contribution in [0.1, 0.15) is 36.2 Å². The number of carbonyl (C=O) groups is 1. The van der Waals surface area contributed by atoms with Gasteiger partial charge >= 0.3 is 0 Å². The van der Waals surface area contributed by atoms with Crippen molar-refractivity contribution in [1.82, 2.24) is 15.0 Å². The standard InChI is InChI=1S/C21H21N3O2/c1-15-22-21(26-23-15)19-8-5-13-24(19)20(25)14-16-9-11-18(12-10-16)17-6-3-2-4-7-17/h2-4,6-7,9-12,19H,5,8,13-14H2,1H3. The highest BCUT2D eigenvalue weighted by molar-refractivity contribution is 5.79. The Balaban J connectivity index is 1.46. The van der Waals surface area contributed by atoms with Crippen LogP contribution in [0.5, 0.6) is 0 Å². The Kier molecular flexibility index (Phi) is 4.52. The van der Waals surface area contributed by atoms with Gasteiger partial charge in [-0.2, -0.15) is 4.98 Å². The number of benzene rings is 2. The summed E-state index contributed by atoms with van der Waals surface area (Å²) >= 11 is 0. The average Bonchev–Trinajstić information content (AvgIpc) is 3.32. The van der Waals surface area contributed by atoms with Crippen molar-refractivity contribution in [2.75, 3.05) is 6.54 Å². The molecule has 0 spiro atoms. The van der Waals surface area contributed by atoms with Gasteiger partial charge in [0.25, 0.3) is 0 Å². The van der Waals surface area contributed by atoms with E-state index in [0.717, 1.165) is 30.5 Å². The molecule has 5 nitrogen and oxygen atoms in total. The normalized spacial score (nSPS) is 16.8. The molecule has 2 aromatic carbocycles. The summed E-state index contributed by atoms with van der Waals surface area (Å²) < 4.78 is 5.29. The van der Waals surface area contributed by atoms with Gasteiger partial charge in [-0.15, -0.1) is 0 Å². The maximum Gasteiger partial charge on any atom is 0.249 e. The number of nitrogens with zero attached hydrogens (tertiary/aromatic N) is 3. The second kappa shape index (κ2) is 7.12. The van der Waals surface area contributed by atoms with Gasteiger partial charge in [0.2, 0.25) is 11.8 Å². The van der Waals surface area contributed by atoms with Gasteiger partial charge in [0.1, 0.15) is 6.04 Å². The lowest BCUT2D eigenvalue weighted by molar-refractivity contribution is -0.131. The minimum Gasteiger partial charge on any atom is -0.337 e. The largest absolute Gasteiger partial charge is 0.337 e. The molecular formula is C21H21N3O2. The van der Waals surface area contributed by atoms with Crippen molar-refractivity contribution in [3.05, 3.63) is 71.9 Å². The van der Waals surface area contributed by atoms with Crippen LogP contribution in [-0.4, -0.2) is 27.5 Å². The molecule has 0 radical (unpaired) electrons. The van der Waals surface area contributed by atoms with Crippen molar-refractivity contribution in [3.8, 4) is 11.1 Å². The molecule has 0 saturated carbocycles. The summed E-state index contributed by atoms with van der Waals surface area (Å²) in [5, 5.41) is 3.85. The van der Waals surface area contributed by atoms with Gasteiger partial charge in [0.15, 0.2) is 5.82 Å². The Morgan fingerprint density at radius 2 is 1.85 bits per heavy atom. The molecule has 5 heteroatoms. The van der Waals surface area contributed by atoms with Crippen LogP contribution in [0.3, 0.4) is 0 Å².